The molecule has 2 heterocycles. The third kappa shape index (κ3) is 2.44. The van der Waals surface area contributed by atoms with E-state index in [9.17, 15) is 4.79 Å². The molecule has 0 spiro atoms. The summed E-state index contributed by atoms with van der Waals surface area (Å²) in [5, 5.41) is 9.10. The Bertz CT molecular complexity index is 324. The first kappa shape index (κ1) is 12.4. The predicted molar refractivity (Wildman–Crippen MR) is 63.1 cm³/mol. The molecule has 3 unspecified atom stereocenters. The fraction of sp³-hybridized carbons (Fsp3) is 0.846. The summed E-state index contributed by atoms with van der Waals surface area (Å²) >= 11 is 0. The summed E-state index contributed by atoms with van der Waals surface area (Å²) in [6.07, 6.45) is 4.65. The molecule has 0 bridgehead atoms. The first-order valence-electron chi connectivity index (χ1n) is 6.59. The van der Waals surface area contributed by atoms with Crippen molar-refractivity contribution in [1.82, 2.24) is 4.90 Å². The largest absolute Gasteiger partial charge is 0.377 e. The third-order valence-electron chi connectivity index (χ3n) is 3.86. The van der Waals surface area contributed by atoms with E-state index in [4.69, 9.17) is 10.00 Å². The van der Waals surface area contributed by atoms with Gasteiger partial charge in [-0.1, -0.05) is 6.92 Å². The summed E-state index contributed by atoms with van der Waals surface area (Å²) in [5.41, 5.74) is 0. The van der Waals surface area contributed by atoms with E-state index in [-0.39, 0.29) is 24.0 Å². The number of carbonyl (C=O) groups is 1. The topological polar surface area (TPSA) is 53.3 Å². The second-order valence-corrected chi connectivity index (χ2v) is 4.88. The molecule has 2 rings (SSSR count). The van der Waals surface area contributed by atoms with Gasteiger partial charge < -0.3 is 9.64 Å². The van der Waals surface area contributed by atoms with Crippen LogP contribution in [0.1, 0.15) is 39.0 Å². The highest BCUT2D eigenvalue weighted by molar-refractivity contribution is 5.80. The molecule has 2 aliphatic heterocycles. The lowest BCUT2D eigenvalue weighted by Gasteiger charge is -2.34. The van der Waals surface area contributed by atoms with Crippen molar-refractivity contribution in [2.75, 3.05) is 13.2 Å². The molecule has 2 aliphatic rings. The van der Waals surface area contributed by atoms with Crippen LogP contribution in [0.15, 0.2) is 0 Å². The molecule has 17 heavy (non-hydrogen) atoms. The fourth-order valence-electron chi connectivity index (χ4n) is 2.88. The molecule has 1 amide bonds. The maximum atomic E-state index is 12.4. The van der Waals surface area contributed by atoms with Crippen molar-refractivity contribution in [2.24, 2.45) is 5.92 Å². The van der Waals surface area contributed by atoms with Crippen LogP contribution in [0, 0.1) is 17.2 Å². The van der Waals surface area contributed by atoms with Crippen LogP contribution in [0.25, 0.3) is 0 Å². The molecule has 4 heteroatoms. The van der Waals surface area contributed by atoms with E-state index in [2.05, 4.69) is 6.07 Å². The molecule has 0 aliphatic carbocycles. The van der Waals surface area contributed by atoms with E-state index >= 15 is 0 Å². The molecule has 0 aromatic rings. The van der Waals surface area contributed by atoms with Gasteiger partial charge in [0.15, 0.2) is 0 Å². The van der Waals surface area contributed by atoms with Crippen LogP contribution in [-0.4, -0.2) is 36.1 Å². The highest BCUT2D eigenvalue weighted by Gasteiger charge is 2.38. The maximum absolute atomic E-state index is 12.4. The lowest BCUT2D eigenvalue weighted by molar-refractivity contribution is -0.139. The lowest BCUT2D eigenvalue weighted by atomic mass is 9.94. The van der Waals surface area contributed by atoms with Gasteiger partial charge in [0.25, 0.3) is 0 Å². The molecule has 0 aromatic carbocycles. The number of nitrogens with zero attached hydrogens (tertiary/aromatic N) is 2. The Morgan fingerprint density at radius 1 is 1.47 bits per heavy atom. The normalized spacial score (nSPS) is 33.4. The van der Waals surface area contributed by atoms with Gasteiger partial charge in [-0.3, -0.25) is 4.79 Å². The first-order valence-corrected chi connectivity index (χ1v) is 6.59. The van der Waals surface area contributed by atoms with Crippen molar-refractivity contribution in [3.05, 3.63) is 0 Å². The lowest BCUT2D eigenvalue weighted by Crippen LogP contribution is -2.47. The second-order valence-electron chi connectivity index (χ2n) is 4.88. The summed E-state index contributed by atoms with van der Waals surface area (Å²) in [6, 6.07) is 2.04. The van der Waals surface area contributed by atoms with Crippen molar-refractivity contribution in [3.8, 4) is 6.07 Å². The number of hydrogen-bond acceptors (Lipinski definition) is 3. The Morgan fingerprint density at radius 2 is 2.29 bits per heavy atom. The number of hydrogen-bond donors (Lipinski definition) is 0. The van der Waals surface area contributed by atoms with Crippen molar-refractivity contribution < 1.29 is 9.53 Å². The molecular formula is C13H20N2O2. The molecule has 2 fully saturated rings. The average molecular weight is 236 g/mol. The van der Waals surface area contributed by atoms with E-state index in [1.54, 1.807) is 4.90 Å². The van der Waals surface area contributed by atoms with E-state index < -0.39 is 0 Å². The molecular weight excluding hydrogens is 216 g/mol. The SMILES string of the molecule is CCC1OCCC1C(=O)N1CCCCC1C#N. The summed E-state index contributed by atoms with van der Waals surface area (Å²) < 4.78 is 5.57. The molecule has 0 radical (unpaired) electrons. The Kier molecular flexibility index (Phi) is 4.01. The molecule has 3 atom stereocenters. The summed E-state index contributed by atoms with van der Waals surface area (Å²) in [4.78, 5) is 14.2. The highest BCUT2D eigenvalue weighted by Crippen LogP contribution is 2.28. The maximum Gasteiger partial charge on any atom is 0.229 e. The van der Waals surface area contributed by atoms with E-state index in [0.717, 1.165) is 38.6 Å². The van der Waals surface area contributed by atoms with Gasteiger partial charge in [-0.2, -0.15) is 5.26 Å². The van der Waals surface area contributed by atoms with Gasteiger partial charge in [0.05, 0.1) is 18.1 Å². The Morgan fingerprint density at radius 3 is 3.00 bits per heavy atom. The zero-order chi connectivity index (χ0) is 12.3. The number of nitriles is 1. The van der Waals surface area contributed by atoms with Gasteiger partial charge in [-0.05, 0) is 32.1 Å². The quantitative estimate of drug-likeness (QED) is 0.733. The van der Waals surface area contributed by atoms with Crippen molar-refractivity contribution in [3.63, 3.8) is 0 Å². The third-order valence-corrected chi connectivity index (χ3v) is 3.86. The van der Waals surface area contributed by atoms with Gasteiger partial charge in [0.2, 0.25) is 5.91 Å². The summed E-state index contributed by atoms with van der Waals surface area (Å²) in [5.74, 6) is 0.120. The average Bonchev–Trinajstić information content (AvgIpc) is 2.86. The van der Waals surface area contributed by atoms with Gasteiger partial charge in [0.1, 0.15) is 6.04 Å². The monoisotopic (exact) mass is 236 g/mol. The minimum Gasteiger partial charge on any atom is -0.377 e. The zero-order valence-corrected chi connectivity index (χ0v) is 10.4. The number of amides is 1. The smallest absolute Gasteiger partial charge is 0.229 e. The molecule has 2 saturated heterocycles. The predicted octanol–water partition coefficient (Wildman–Crippen LogP) is 1.71. The number of carbonyl (C=O) groups excluding carboxylic acids is 1. The van der Waals surface area contributed by atoms with Crippen LogP contribution in [0.3, 0.4) is 0 Å². The van der Waals surface area contributed by atoms with Crippen LogP contribution in [0.4, 0.5) is 0 Å². The van der Waals surface area contributed by atoms with Crippen LogP contribution in [0.5, 0.6) is 0 Å². The molecule has 0 N–H and O–H groups in total. The van der Waals surface area contributed by atoms with Crippen LogP contribution in [0.2, 0.25) is 0 Å². The second kappa shape index (κ2) is 5.50. The van der Waals surface area contributed by atoms with Crippen molar-refractivity contribution in [1.29, 1.82) is 5.26 Å². The van der Waals surface area contributed by atoms with Gasteiger partial charge in [-0.15, -0.1) is 0 Å². The Labute approximate surface area is 103 Å². The molecule has 0 saturated carbocycles. The first-order chi connectivity index (χ1) is 8.27. The number of piperidine rings is 1. The van der Waals surface area contributed by atoms with E-state index in [1.165, 1.54) is 0 Å². The number of likely N-dealkylation sites (tertiary alicyclic amines) is 1. The van der Waals surface area contributed by atoms with Crippen molar-refractivity contribution >= 4 is 5.91 Å². The molecule has 94 valence electrons. The highest BCUT2D eigenvalue weighted by atomic mass is 16.5. The van der Waals surface area contributed by atoms with Crippen molar-refractivity contribution in [2.45, 2.75) is 51.2 Å². The standard InChI is InChI=1S/C13H20N2O2/c1-2-12-11(6-8-17-12)13(16)15-7-4-3-5-10(15)9-14/h10-12H,2-8H2,1H3. The number of ether oxygens (including phenoxy) is 1. The fourth-order valence-corrected chi connectivity index (χ4v) is 2.88. The summed E-state index contributed by atoms with van der Waals surface area (Å²) in [6.45, 7) is 3.47. The molecule has 0 aromatic heterocycles. The Hall–Kier alpha value is -1.08. The minimum absolute atomic E-state index is 0.0195. The van der Waals surface area contributed by atoms with E-state index in [1.807, 2.05) is 6.92 Å². The van der Waals surface area contributed by atoms with Gasteiger partial charge >= 0.3 is 0 Å². The van der Waals surface area contributed by atoms with Gasteiger partial charge in [-0.25, -0.2) is 0 Å². The van der Waals surface area contributed by atoms with Crippen LogP contribution >= 0.6 is 0 Å². The Balaban J connectivity index is 2.05. The van der Waals surface area contributed by atoms with E-state index in [0.29, 0.717) is 6.61 Å². The summed E-state index contributed by atoms with van der Waals surface area (Å²) in [7, 11) is 0. The zero-order valence-electron chi connectivity index (χ0n) is 10.4. The minimum atomic E-state index is -0.214. The van der Waals surface area contributed by atoms with Gasteiger partial charge in [0, 0.05) is 13.2 Å². The number of rotatable bonds is 2. The van der Waals surface area contributed by atoms with Crippen LogP contribution in [-0.2, 0) is 9.53 Å². The van der Waals surface area contributed by atoms with Crippen LogP contribution < -0.4 is 0 Å². The molecule has 4 nitrogen and oxygen atoms in total.